The summed E-state index contributed by atoms with van der Waals surface area (Å²) in [6.45, 7) is 0. The fourth-order valence-electron chi connectivity index (χ4n) is 3.19. The van der Waals surface area contributed by atoms with E-state index in [9.17, 15) is 0 Å². The predicted octanol–water partition coefficient (Wildman–Crippen LogP) is 6.77. The van der Waals surface area contributed by atoms with E-state index in [1.165, 1.54) is 0 Å². The highest BCUT2D eigenvalue weighted by Gasteiger charge is 2.13. The fourth-order valence-corrected chi connectivity index (χ4v) is 4.21. The first-order chi connectivity index (χ1) is 12.1. The van der Waals surface area contributed by atoms with E-state index in [1.807, 2.05) is 24.3 Å². The monoisotopic (exact) mass is 515 g/mol. The highest BCUT2D eigenvalue weighted by atomic mass is 79.9. The number of hydrogen-bond donors (Lipinski definition) is 0. The zero-order chi connectivity index (χ0) is 17.1. The predicted molar refractivity (Wildman–Crippen MR) is 113 cm³/mol. The second kappa shape index (κ2) is 5.69. The van der Waals surface area contributed by atoms with Crippen molar-refractivity contribution in [3.63, 3.8) is 0 Å². The molecule has 0 aliphatic heterocycles. The number of halogens is 3. The number of hydrogen-bond acceptors (Lipinski definition) is 3. The first-order valence-corrected chi connectivity index (χ1v) is 9.92. The second-order valence-electron chi connectivity index (χ2n) is 5.78. The van der Waals surface area contributed by atoms with Crippen LogP contribution in [0.4, 0.5) is 0 Å². The summed E-state index contributed by atoms with van der Waals surface area (Å²) >= 11 is 10.6. The van der Waals surface area contributed by atoms with Crippen molar-refractivity contribution >= 4 is 91.5 Å². The Bertz CT molecular complexity index is 1330. The average molecular weight is 518 g/mol. The van der Waals surface area contributed by atoms with E-state index in [2.05, 4.69) is 77.0 Å². The van der Waals surface area contributed by atoms with Gasteiger partial charge in [0.1, 0.15) is 10.1 Å². The molecule has 0 fully saturated rings. The van der Waals surface area contributed by atoms with Crippen LogP contribution in [0.5, 0.6) is 0 Å². The molecule has 120 valence electrons. The van der Waals surface area contributed by atoms with Gasteiger partial charge in [-0.05, 0) is 63.1 Å². The summed E-state index contributed by atoms with van der Waals surface area (Å²) in [7, 11) is 0. The van der Waals surface area contributed by atoms with Crippen LogP contribution in [0.25, 0.3) is 43.7 Å². The number of nitrogens with zero attached hydrogens (tertiary/aromatic N) is 3. The summed E-state index contributed by atoms with van der Waals surface area (Å²) in [6.07, 6.45) is 0. The van der Waals surface area contributed by atoms with E-state index in [1.54, 1.807) is 0 Å². The number of fused-ring (bicyclic) bond motifs is 7. The molecule has 6 heteroatoms. The van der Waals surface area contributed by atoms with Gasteiger partial charge in [0.2, 0.25) is 0 Å². The summed E-state index contributed by atoms with van der Waals surface area (Å²) in [5.74, 6) is 0. The van der Waals surface area contributed by atoms with Crippen molar-refractivity contribution in [1.29, 1.82) is 0 Å². The van der Waals surface area contributed by atoms with Gasteiger partial charge in [-0.25, -0.2) is 15.0 Å². The van der Waals surface area contributed by atoms with Crippen molar-refractivity contribution in [3.8, 4) is 0 Å². The Labute approximate surface area is 167 Å². The van der Waals surface area contributed by atoms with Gasteiger partial charge < -0.3 is 0 Å². The maximum absolute atomic E-state index is 4.88. The summed E-state index contributed by atoms with van der Waals surface area (Å²) < 4.78 is 2.83. The van der Waals surface area contributed by atoms with Crippen molar-refractivity contribution in [3.05, 3.63) is 62.1 Å². The molecule has 0 radical (unpaired) electrons. The lowest BCUT2D eigenvalue weighted by atomic mass is 9.99. The van der Waals surface area contributed by atoms with Crippen LogP contribution in [-0.4, -0.2) is 15.0 Å². The van der Waals surface area contributed by atoms with Gasteiger partial charge in [-0.1, -0.05) is 44.0 Å². The first kappa shape index (κ1) is 15.6. The molecule has 2 aromatic heterocycles. The van der Waals surface area contributed by atoms with Crippen molar-refractivity contribution in [2.75, 3.05) is 0 Å². The van der Waals surface area contributed by atoms with Crippen LogP contribution in [0.3, 0.4) is 0 Å². The third kappa shape index (κ3) is 2.46. The lowest BCUT2D eigenvalue weighted by molar-refractivity contribution is 1.26. The lowest BCUT2D eigenvalue weighted by Gasteiger charge is -2.10. The average Bonchev–Trinajstić information content (AvgIpc) is 2.60. The van der Waals surface area contributed by atoms with Crippen molar-refractivity contribution in [1.82, 2.24) is 15.0 Å². The van der Waals surface area contributed by atoms with Gasteiger partial charge in [-0.2, -0.15) is 0 Å². The zero-order valence-corrected chi connectivity index (χ0v) is 17.4. The van der Waals surface area contributed by atoms with E-state index < -0.39 is 0 Å². The van der Waals surface area contributed by atoms with Gasteiger partial charge >= 0.3 is 0 Å². The first-order valence-electron chi connectivity index (χ1n) is 7.55. The molecule has 2 heterocycles. The maximum atomic E-state index is 4.88. The minimum absolute atomic E-state index is 0.641. The Morgan fingerprint density at radius 2 is 1.16 bits per heavy atom. The van der Waals surface area contributed by atoms with E-state index in [4.69, 9.17) is 9.97 Å². The molecule has 0 spiro atoms. The Morgan fingerprint density at radius 3 is 1.80 bits per heavy atom. The third-order valence-corrected chi connectivity index (χ3v) is 5.69. The maximum Gasteiger partial charge on any atom is 0.179 e. The van der Waals surface area contributed by atoms with E-state index in [0.717, 1.165) is 51.6 Å². The molecule has 0 saturated carbocycles. The molecule has 3 aromatic carbocycles. The molecule has 3 nitrogen and oxygen atoms in total. The van der Waals surface area contributed by atoms with Gasteiger partial charge in [0.25, 0.3) is 0 Å². The topological polar surface area (TPSA) is 38.7 Å². The molecule has 5 aromatic rings. The Balaban J connectivity index is 2.11. The molecular weight excluding hydrogens is 510 g/mol. The zero-order valence-electron chi connectivity index (χ0n) is 12.6. The SMILES string of the molecule is Brc1ccc2c(c1)c1cc(Br)ccc1c1nc3nc(Br)ccc3nc21. The number of pyridine rings is 1. The van der Waals surface area contributed by atoms with Crippen molar-refractivity contribution in [2.45, 2.75) is 0 Å². The van der Waals surface area contributed by atoms with Crippen LogP contribution in [0.15, 0.2) is 62.1 Å². The summed E-state index contributed by atoms with van der Waals surface area (Å²) in [6, 6.07) is 16.3. The number of aromatic nitrogens is 3. The minimum Gasteiger partial charge on any atom is -0.242 e. The Morgan fingerprint density at radius 1 is 0.560 bits per heavy atom. The van der Waals surface area contributed by atoms with Crippen LogP contribution < -0.4 is 0 Å². The third-order valence-electron chi connectivity index (χ3n) is 4.26. The van der Waals surface area contributed by atoms with Crippen LogP contribution in [0, 0.1) is 0 Å². The smallest absolute Gasteiger partial charge is 0.179 e. The van der Waals surface area contributed by atoms with Crippen LogP contribution >= 0.6 is 47.8 Å². The van der Waals surface area contributed by atoms with Gasteiger partial charge in [0.15, 0.2) is 5.65 Å². The molecule has 0 saturated heterocycles. The molecule has 0 amide bonds. The van der Waals surface area contributed by atoms with Crippen LogP contribution in [0.2, 0.25) is 0 Å². The lowest BCUT2D eigenvalue weighted by Crippen LogP contribution is -1.93. The summed E-state index contributed by atoms with van der Waals surface area (Å²) in [5.41, 5.74) is 3.20. The largest absolute Gasteiger partial charge is 0.242 e. The van der Waals surface area contributed by atoms with Crippen LogP contribution in [0.1, 0.15) is 0 Å². The van der Waals surface area contributed by atoms with Crippen molar-refractivity contribution < 1.29 is 0 Å². The van der Waals surface area contributed by atoms with Gasteiger partial charge in [-0.15, -0.1) is 0 Å². The molecule has 0 atom stereocenters. The normalized spacial score (nSPS) is 11.8. The standard InChI is InChI=1S/C19H8Br3N3/c20-9-1-3-11-13(7-9)14-8-10(21)2-4-12(14)18-17(11)23-15-5-6-16(22)24-19(15)25-18/h1-8H. The number of benzene rings is 3. The molecule has 0 aliphatic carbocycles. The quantitative estimate of drug-likeness (QED) is 0.129. The molecule has 0 aliphatic rings. The fraction of sp³-hybridized carbons (Fsp3) is 0. The number of rotatable bonds is 0. The highest BCUT2D eigenvalue weighted by molar-refractivity contribution is 9.11. The molecular formula is C19H8Br3N3. The Hall–Kier alpha value is -1.63. The van der Waals surface area contributed by atoms with Gasteiger partial charge in [0.05, 0.1) is 11.0 Å². The molecule has 0 bridgehead atoms. The summed E-state index contributed by atoms with van der Waals surface area (Å²) in [5, 5.41) is 4.44. The van der Waals surface area contributed by atoms with Gasteiger partial charge in [-0.3, -0.25) is 0 Å². The van der Waals surface area contributed by atoms with Crippen LogP contribution in [-0.2, 0) is 0 Å². The molecule has 25 heavy (non-hydrogen) atoms. The van der Waals surface area contributed by atoms with E-state index in [0.29, 0.717) is 5.65 Å². The van der Waals surface area contributed by atoms with E-state index >= 15 is 0 Å². The molecule has 0 unspecified atom stereocenters. The van der Waals surface area contributed by atoms with Crippen molar-refractivity contribution in [2.24, 2.45) is 0 Å². The molecule has 0 N–H and O–H groups in total. The minimum atomic E-state index is 0.641. The van der Waals surface area contributed by atoms with E-state index in [-0.39, 0.29) is 0 Å². The second-order valence-corrected chi connectivity index (χ2v) is 8.42. The molecule has 5 rings (SSSR count). The highest BCUT2D eigenvalue weighted by Crippen LogP contribution is 2.36. The van der Waals surface area contributed by atoms with Gasteiger partial charge in [0, 0.05) is 19.7 Å². The summed E-state index contributed by atoms with van der Waals surface area (Å²) in [4.78, 5) is 14.2. The Kier molecular flexibility index (Phi) is 3.55.